The first-order valence-electron chi connectivity index (χ1n) is 8.63. The van der Waals surface area contributed by atoms with Crippen LogP contribution in [0.15, 0.2) is 42.5 Å². The molecule has 1 aliphatic heterocycles. The Morgan fingerprint density at radius 3 is 2.64 bits per heavy atom. The largest absolute Gasteiger partial charge is 0.352 e. The predicted octanol–water partition coefficient (Wildman–Crippen LogP) is 4.15. The summed E-state index contributed by atoms with van der Waals surface area (Å²) < 4.78 is 14.3. The molecule has 2 N–H and O–H groups in total. The fourth-order valence-corrected chi connectivity index (χ4v) is 3.22. The number of carbonyl (C=O) groups is 1. The van der Waals surface area contributed by atoms with Gasteiger partial charge in [0.15, 0.2) is 0 Å². The van der Waals surface area contributed by atoms with Crippen molar-refractivity contribution in [3.8, 4) is 11.1 Å². The van der Waals surface area contributed by atoms with E-state index in [4.69, 9.17) is 11.6 Å². The molecule has 1 heterocycles. The predicted molar refractivity (Wildman–Crippen MR) is 98.9 cm³/mol. The van der Waals surface area contributed by atoms with Crippen molar-refractivity contribution in [1.29, 1.82) is 0 Å². The van der Waals surface area contributed by atoms with E-state index in [9.17, 15) is 9.18 Å². The zero-order valence-corrected chi connectivity index (χ0v) is 14.8. The summed E-state index contributed by atoms with van der Waals surface area (Å²) in [5, 5.41) is 6.76. The minimum atomic E-state index is -0.312. The van der Waals surface area contributed by atoms with Gasteiger partial charge in [0.2, 0.25) is 5.91 Å². The fraction of sp³-hybridized carbons (Fsp3) is 0.350. The highest BCUT2D eigenvalue weighted by Gasteiger charge is 2.15. The summed E-state index contributed by atoms with van der Waals surface area (Å²) in [6, 6.07) is 12.4. The van der Waals surface area contributed by atoms with E-state index >= 15 is 0 Å². The molecule has 0 aromatic heterocycles. The molecule has 2 aromatic carbocycles. The fourth-order valence-electron chi connectivity index (χ4n) is 3.09. The Hall–Kier alpha value is -1.91. The Morgan fingerprint density at radius 2 is 1.96 bits per heavy atom. The third-order valence-electron chi connectivity index (χ3n) is 4.65. The van der Waals surface area contributed by atoms with E-state index in [1.807, 2.05) is 18.2 Å². The minimum Gasteiger partial charge on any atom is -0.352 e. The van der Waals surface area contributed by atoms with E-state index in [-0.39, 0.29) is 18.3 Å². The normalized spacial score (nSPS) is 16.8. The molecular weight excluding hydrogens is 339 g/mol. The van der Waals surface area contributed by atoms with Crippen molar-refractivity contribution in [1.82, 2.24) is 10.6 Å². The summed E-state index contributed by atoms with van der Waals surface area (Å²) in [4.78, 5) is 11.9. The summed E-state index contributed by atoms with van der Waals surface area (Å²) in [7, 11) is 0. The van der Waals surface area contributed by atoms with Gasteiger partial charge in [0.05, 0.1) is 0 Å². The molecule has 2 aromatic rings. The summed E-state index contributed by atoms with van der Waals surface area (Å²) in [6.45, 7) is 2.25. The second-order valence-corrected chi connectivity index (χ2v) is 6.92. The molecule has 0 saturated carbocycles. The van der Waals surface area contributed by atoms with Crippen molar-refractivity contribution in [3.63, 3.8) is 0 Å². The number of halogens is 2. The summed E-state index contributed by atoms with van der Waals surface area (Å²) >= 11 is 5.88. The maximum atomic E-state index is 14.3. The molecule has 1 fully saturated rings. The lowest BCUT2D eigenvalue weighted by molar-refractivity contribution is -0.121. The first kappa shape index (κ1) is 17.9. The topological polar surface area (TPSA) is 41.1 Å². The molecule has 1 unspecified atom stereocenters. The molecule has 1 atom stereocenters. The Kier molecular flexibility index (Phi) is 6.05. The van der Waals surface area contributed by atoms with Crippen molar-refractivity contribution >= 4 is 17.5 Å². The van der Waals surface area contributed by atoms with Gasteiger partial charge in [0, 0.05) is 23.6 Å². The van der Waals surface area contributed by atoms with Gasteiger partial charge in [0.1, 0.15) is 5.82 Å². The smallest absolute Gasteiger partial charge is 0.220 e. The zero-order valence-electron chi connectivity index (χ0n) is 14.0. The lowest BCUT2D eigenvalue weighted by Gasteiger charge is -2.10. The van der Waals surface area contributed by atoms with Crippen molar-refractivity contribution < 1.29 is 9.18 Å². The van der Waals surface area contributed by atoms with Crippen LogP contribution in [0.2, 0.25) is 5.02 Å². The van der Waals surface area contributed by atoms with Gasteiger partial charge >= 0.3 is 0 Å². The van der Waals surface area contributed by atoms with E-state index in [1.165, 1.54) is 6.07 Å². The molecule has 1 saturated heterocycles. The van der Waals surface area contributed by atoms with Gasteiger partial charge in [-0.3, -0.25) is 4.79 Å². The Bertz CT molecular complexity index is 727. The average molecular weight is 361 g/mol. The number of benzene rings is 2. The molecule has 5 heteroatoms. The van der Waals surface area contributed by atoms with Crippen LogP contribution in [0.4, 0.5) is 4.39 Å². The molecule has 1 amide bonds. The quantitative estimate of drug-likeness (QED) is 0.812. The van der Waals surface area contributed by atoms with E-state index in [0.717, 1.165) is 37.1 Å². The third-order valence-corrected chi connectivity index (χ3v) is 4.90. The molecule has 0 bridgehead atoms. The van der Waals surface area contributed by atoms with Crippen molar-refractivity contribution in [2.24, 2.45) is 5.92 Å². The van der Waals surface area contributed by atoms with Gasteiger partial charge in [0.25, 0.3) is 0 Å². The minimum absolute atomic E-state index is 0.0203. The molecule has 1 aliphatic rings. The van der Waals surface area contributed by atoms with Gasteiger partial charge in [-0.2, -0.15) is 0 Å². The molecule has 25 heavy (non-hydrogen) atoms. The highest BCUT2D eigenvalue weighted by molar-refractivity contribution is 6.30. The summed E-state index contributed by atoms with van der Waals surface area (Å²) in [5.41, 5.74) is 2.19. The van der Waals surface area contributed by atoms with E-state index in [1.54, 1.807) is 18.2 Å². The molecular formula is C20H22ClFN2O. The maximum Gasteiger partial charge on any atom is 0.220 e. The van der Waals surface area contributed by atoms with Crippen LogP contribution in [0.25, 0.3) is 11.1 Å². The zero-order chi connectivity index (χ0) is 17.6. The standard InChI is InChI=1S/C20H22ClFN2O/c21-18-6-4-15(5-7-18)16-2-3-17(19(22)11-16)13-24-20(25)8-1-14-9-10-23-12-14/h2-7,11,14,23H,1,8-10,12-13H2,(H,24,25). The van der Waals surface area contributed by atoms with Crippen LogP contribution >= 0.6 is 11.6 Å². The van der Waals surface area contributed by atoms with Crippen LogP contribution in [-0.4, -0.2) is 19.0 Å². The molecule has 3 nitrogen and oxygen atoms in total. The van der Waals surface area contributed by atoms with Gasteiger partial charge < -0.3 is 10.6 Å². The Balaban J connectivity index is 1.54. The van der Waals surface area contributed by atoms with Crippen LogP contribution in [-0.2, 0) is 11.3 Å². The molecule has 0 aliphatic carbocycles. The third kappa shape index (κ3) is 5.03. The molecule has 132 valence electrons. The first-order chi connectivity index (χ1) is 12.1. The van der Waals surface area contributed by atoms with Gasteiger partial charge in [-0.15, -0.1) is 0 Å². The second kappa shape index (κ2) is 8.45. The van der Waals surface area contributed by atoms with Crippen LogP contribution in [0.1, 0.15) is 24.8 Å². The number of amides is 1. The van der Waals surface area contributed by atoms with Gasteiger partial charge in [-0.25, -0.2) is 4.39 Å². The van der Waals surface area contributed by atoms with E-state index in [0.29, 0.717) is 22.9 Å². The lowest BCUT2D eigenvalue weighted by Crippen LogP contribution is -2.24. The Morgan fingerprint density at radius 1 is 1.20 bits per heavy atom. The van der Waals surface area contributed by atoms with Crippen LogP contribution in [0, 0.1) is 11.7 Å². The first-order valence-corrected chi connectivity index (χ1v) is 9.01. The van der Waals surface area contributed by atoms with Crippen molar-refractivity contribution in [2.45, 2.75) is 25.8 Å². The SMILES string of the molecule is O=C(CCC1CCNC1)NCc1ccc(-c2ccc(Cl)cc2)cc1F. The molecule has 3 rings (SSSR count). The van der Waals surface area contributed by atoms with E-state index in [2.05, 4.69) is 10.6 Å². The average Bonchev–Trinajstić information content (AvgIpc) is 3.13. The molecule has 0 spiro atoms. The number of nitrogens with one attached hydrogen (secondary N) is 2. The van der Waals surface area contributed by atoms with Crippen LogP contribution < -0.4 is 10.6 Å². The molecule has 0 radical (unpaired) electrons. The number of carbonyl (C=O) groups excluding carboxylic acids is 1. The lowest BCUT2D eigenvalue weighted by atomic mass is 10.0. The van der Waals surface area contributed by atoms with Crippen molar-refractivity contribution in [3.05, 3.63) is 58.9 Å². The maximum absolute atomic E-state index is 14.3. The number of rotatable bonds is 6. The highest BCUT2D eigenvalue weighted by atomic mass is 35.5. The van der Waals surface area contributed by atoms with Crippen LogP contribution in [0.5, 0.6) is 0 Å². The summed E-state index contributed by atoms with van der Waals surface area (Å²) in [6.07, 6.45) is 2.52. The monoisotopic (exact) mass is 360 g/mol. The van der Waals surface area contributed by atoms with Crippen molar-refractivity contribution in [2.75, 3.05) is 13.1 Å². The highest BCUT2D eigenvalue weighted by Crippen LogP contribution is 2.23. The van der Waals surface area contributed by atoms with Crippen LogP contribution in [0.3, 0.4) is 0 Å². The number of hydrogen-bond acceptors (Lipinski definition) is 2. The second-order valence-electron chi connectivity index (χ2n) is 6.49. The van der Waals surface area contributed by atoms with Gasteiger partial charge in [-0.05, 0) is 61.2 Å². The van der Waals surface area contributed by atoms with Gasteiger partial charge in [-0.1, -0.05) is 35.9 Å². The number of hydrogen-bond donors (Lipinski definition) is 2. The Labute approximate surface area is 152 Å². The van der Waals surface area contributed by atoms with E-state index < -0.39 is 0 Å². The summed E-state index contributed by atoms with van der Waals surface area (Å²) in [5.74, 6) is 0.252.